The smallest absolute Gasteiger partial charge is 0.232 e. The normalized spacial score (nSPS) is 12.0. The highest BCUT2D eigenvalue weighted by Gasteiger charge is 2.25. The zero-order chi connectivity index (χ0) is 20.9. The standard InChI is InChI=1S/C25H24N4O/c1-18(22-17-27-29(19(22)2)23-15-9-10-16-26-23)28-25(30)24(20-11-5-3-6-12-20)21-13-7-4-8-14-21/h3-18,24H,1-2H3,(H,28,30). The van der Waals surface area contributed by atoms with Crippen molar-refractivity contribution in [1.82, 2.24) is 20.1 Å². The third-order valence-electron chi connectivity index (χ3n) is 5.27. The average molecular weight is 396 g/mol. The number of carbonyl (C=O) groups is 1. The second-order valence-corrected chi connectivity index (χ2v) is 7.27. The van der Waals surface area contributed by atoms with E-state index in [0.717, 1.165) is 28.2 Å². The molecular formula is C25H24N4O. The summed E-state index contributed by atoms with van der Waals surface area (Å²) in [6.07, 6.45) is 3.54. The van der Waals surface area contributed by atoms with Crippen LogP contribution in [0.2, 0.25) is 0 Å². The first kappa shape index (κ1) is 19.6. The Morgan fingerprint density at radius 1 is 0.900 bits per heavy atom. The average Bonchev–Trinajstić information content (AvgIpc) is 3.17. The van der Waals surface area contributed by atoms with E-state index in [0.29, 0.717) is 0 Å². The highest BCUT2D eigenvalue weighted by molar-refractivity contribution is 5.87. The van der Waals surface area contributed by atoms with E-state index in [1.165, 1.54) is 0 Å². The predicted molar refractivity (Wildman–Crippen MR) is 117 cm³/mol. The summed E-state index contributed by atoms with van der Waals surface area (Å²) in [5.41, 5.74) is 3.86. The van der Waals surface area contributed by atoms with E-state index in [9.17, 15) is 4.79 Å². The zero-order valence-electron chi connectivity index (χ0n) is 17.1. The summed E-state index contributed by atoms with van der Waals surface area (Å²) < 4.78 is 1.80. The molecule has 0 spiro atoms. The number of nitrogens with one attached hydrogen (secondary N) is 1. The molecule has 0 saturated heterocycles. The van der Waals surface area contributed by atoms with Crippen molar-refractivity contribution in [3.05, 3.63) is 114 Å². The largest absolute Gasteiger partial charge is 0.349 e. The van der Waals surface area contributed by atoms with Gasteiger partial charge in [0.15, 0.2) is 5.82 Å². The first-order chi connectivity index (χ1) is 14.6. The molecule has 5 heteroatoms. The summed E-state index contributed by atoms with van der Waals surface area (Å²) in [5, 5.41) is 7.66. The van der Waals surface area contributed by atoms with Crippen molar-refractivity contribution >= 4 is 5.91 Å². The molecule has 0 fully saturated rings. The Morgan fingerprint density at radius 2 is 1.50 bits per heavy atom. The first-order valence-corrected chi connectivity index (χ1v) is 10.0. The van der Waals surface area contributed by atoms with Gasteiger partial charge in [0.05, 0.1) is 18.2 Å². The Labute approximate surface area is 176 Å². The van der Waals surface area contributed by atoms with Crippen LogP contribution in [0.4, 0.5) is 0 Å². The van der Waals surface area contributed by atoms with Gasteiger partial charge >= 0.3 is 0 Å². The van der Waals surface area contributed by atoms with Crippen LogP contribution in [0.25, 0.3) is 5.82 Å². The molecule has 1 atom stereocenters. The third-order valence-corrected chi connectivity index (χ3v) is 5.27. The predicted octanol–water partition coefficient (Wildman–Crippen LogP) is 4.59. The second-order valence-electron chi connectivity index (χ2n) is 7.27. The zero-order valence-corrected chi connectivity index (χ0v) is 17.1. The van der Waals surface area contributed by atoms with E-state index in [-0.39, 0.29) is 17.9 Å². The van der Waals surface area contributed by atoms with Gasteiger partial charge < -0.3 is 5.32 Å². The van der Waals surface area contributed by atoms with E-state index in [1.807, 2.05) is 92.7 Å². The van der Waals surface area contributed by atoms with Crippen LogP contribution in [0.3, 0.4) is 0 Å². The molecule has 30 heavy (non-hydrogen) atoms. The summed E-state index contributed by atoms with van der Waals surface area (Å²) in [7, 11) is 0. The highest BCUT2D eigenvalue weighted by Crippen LogP contribution is 2.27. The van der Waals surface area contributed by atoms with Gasteiger partial charge in [0.2, 0.25) is 5.91 Å². The minimum absolute atomic E-state index is 0.0371. The van der Waals surface area contributed by atoms with Gasteiger partial charge in [-0.2, -0.15) is 5.10 Å². The van der Waals surface area contributed by atoms with Crippen molar-refractivity contribution in [3.63, 3.8) is 0 Å². The lowest BCUT2D eigenvalue weighted by atomic mass is 9.90. The van der Waals surface area contributed by atoms with Gasteiger partial charge in [0, 0.05) is 17.5 Å². The summed E-state index contributed by atoms with van der Waals surface area (Å²) in [6, 6.07) is 25.3. The fraction of sp³-hybridized carbons (Fsp3) is 0.160. The number of aromatic nitrogens is 3. The van der Waals surface area contributed by atoms with Crippen LogP contribution in [0, 0.1) is 6.92 Å². The molecule has 0 aliphatic rings. The lowest BCUT2D eigenvalue weighted by molar-refractivity contribution is -0.122. The van der Waals surface area contributed by atoms with Gasteiger partial charge in [0.25, 0.3) is 0 Å². The van der Waals surface area contributed by atoms with E-state index < -0.39 is 0 Å². The lowest BCUT2D eigenvalue weighted by Gasteiger charge is -2.21. The van der Waals surface area contributed by atoms with Gasteiger partial charge in [-0.3, -0.25) is 4.79 Å². The monoisotopic (exact) mass is 396 g/mol. The fourth-order valence-corrected chi connectivity index (χ4v) is 3.72. The molecule has 2 heterocycles. The molecule has 5 nitrogen and oxygen atoms in total. The van der Waals surface area contributed by atoms with Crippen molar-refractivity contribution in [3.8, 4) is 5.82 Å². The van der Waals surface area contributed by atoms with Gasteiger partial charge in [0.1, 0.15) is 0 Å². The van der Waals surface area contributed by atoms with Crippen LogP contribution in [-0.4, -0.2) is 20.7 Å². The summed E-state index contributed by atoms with van der Waals surface area (Å²) in [6.45, 7) is 3.98. The number of hydrogen-bond acceptors (Lipinski definition) is 3. The van der Waals surface area contributed by atoms with Crippen molar-refractivity contribution in [1.29, 1.82) is 0 Å². The number of benzene rings is 2. The number of pyridine rings is 1. The molecule has 1 unspecified atom stereocenters. The van der Waals surface area contributed by atoms with Crippen LogP contribution in [-0.2, 0) is 4.79 Å². The van der Waals surface area contributed by atoms with Crippen LogP contribution >= 0.6 is 0 Å². The van der Waals surface area contributed by atoms with Gasteiger partial charge in [-0.05, 0) is 37.1 Å². The fourth-order valence-electron chi connectivity index (χ4n) is 3.72. The summed E-state index contributed by atoms with van der Waals surface area (Å²) in [4.78, 5) is 17.7. The van der Waals surface area contributed by atoms with E-state index in [2.05, 4.69) is 15.4 Å². The molecule has 150 valence electrons. The topological polar surface area (TPSA) is 59.8 Å². The molecule has 0 aliphatic carbocycles. The SMILES string of the molecule is Cc1c(C(C)NC(=O)C(c2ccccc2)c2ccccc2)cnn1-c1ccccn1. The molecule has 2 aromatic carbocycles. The number of rotatable bonds is 6. The minimum atomic E-state index is -0.374. The van der Waals surface area contributed by atoms with Gasteiger partial charge in [-0.15, -0.1) is 0 Å². The Morgan fingerprint density at radius 3 is 2.07 bits per heavy atom. The molecule has 0 radical (unpaired) electrons. The summed E-state index contributed by atoms with van der Waals surface area (Å²) in [5.74, 6) is 0.345. The van der Waals surface area contributed by atoms with Crippen molar-refractivity contribution in [2.75, 3.05) is 0 Å². The molecular weight excluding hydrogens is 372 g/mol. The first-order valence-electron chi connectivity index (χ1n) is 10.0. The Kier molecular flexibility index (Phi) is 5.70. The Hall–Kier alpha value is -3.73. The van der Waals surface area contributed by atoms with Gasteiger partial charge in [-0.25, -0.2) is 9.67 Å². The van der Waals surface area contributed by atoms with Crippen LogP contribution in [0.5, 0.6) is 0 Å². The number of hydrogen-bond donors (Lipinski definition) is 1. The molecule has 0 bridgehead atoms. The maximum atomic E-state index is 13.4. The van der Waals surface area contributed by atoms with E-state index in [1.54, 1.807) is 17.1 Å². The third kappa shape index (κ3) is 4.01. The Bertz CT molecular complexity index is 1070. The van der Waals surface area contributed by atoms with Crippen molar-refractivity contribution < 1.29 is 4.79 Å². The van der Waals surface area contributed by atoms with Crippen LogP contribution < -0.4 is 5.32 Å². The highest BCUT2D eigenvalue weighted by atomic mass is 16.1. The maximum Gasteiger partial charge on any atom is 0.232 e. The number of nitrogens with zero attached hydrogens (tertiary/aromatic N) is 3. The lowest BCUT2D eigenvalue weighted by Crippen LogP contribution is -2.32. The summed E-state index contributed by atoms with van der Waals surface area (Å²) >= 11 is 0. The number of amides is 1. The van der Waals surface area contributed by atoms with Crippen molar-refractivity contribution in [2.45, 2.75) is 25.8 Å². The van der Waals surface area contributed by atoms with E-state index in [4.69, 9.17) is 0 Å². The quantitative estimate of drug-likeness (QED) is 0.519. The molecule has 4 aromatic rings. The molecule has 0 aliphatic heterocycles. The van der Waals surface area contributed by atoms with Crippen molar-refractivity contribution in [2.24, 2.45) is 0 Å². The van der Waals surface area contributed by atoms with Crippen LogP contribution in [0.15, 0.2) is 91.3 Å². The number of carbonyl (C=O) groups excluding carboxylic acids is 1. The van der Waals surface area contributed by atoms with Crippen LogP contribution in [0.1, 0.15) is 41.3 Å². The Balaban J connectivity index is 1.60. The molecule has 1 amide bonds. The van der Waals surface area contributed by atoms with Gasteiger partial charge in [-0.1, -0.05) is 66.7 Å². The maximum absolute atomic E-state index is 13.4. The second kappa shape index (κ2) is 8.74. The molecule has 1 N–H and O–H groups in total. The molecule has 0 saturated carbocycles. The minimum Gasteiger partial charge on any atom is -0.349 e. The molecule has 4 rings (SSSR count). The van der Waals surface area contributed by atoms with E-state index >= 15 is 0 Å². The molecule has 2 aromatic heterocycles.